The molecular weight excluding hydrogens is 302 g/mol. The number of aliphatic imine (C=N–C) groups is 1. The molecule has 1 amide bonds. The summed E-state index contributed by atoms with van der Waals surface area (Å²) in [6.45, 7) is 2.18. The van der Waals surface area contributed by atoms with Gasteiger partial charge in [0.2, 0.25) is 5.91 Å². The van der Waals surface area contributed by atoms with Crippen LogP contribution in [0.1, 0.15) is 18.4 Å². The third-order valence-corrected chi connectivity index (χ3v) is 3.68. The van der Waals surface area contributed by atoms with Crippen LogP contribution in [0.5, 0.6) is 5.75 Å². The van der Waals surface area contributed by atoms with Crippen LogP contribution in [0.3, 0.4) is 0 Å². The van der Waals surface area contributed by atoms with Crippen LogP contribution in [-0.2, 0) is 4.79 Å². The maximum absolute atomic E-state index is 12.0. The minimum atomic E-state index is -0.0631. The number of rotatable bonds is 6. The number of nitrogens with zero attached hydrogens (tertiary/aromatic N) is 1. The molecule has 1 aliphatic rings. The Balaban J connectivity index is 1.47. The minimum Gasteiger partial charge on any atom is -0.493 e. The molecule has 124 valence electrons. The molecule has 1 aliphatic heterocycles. The molecule has 5 nitrogen and oxygen atoms in total. The summed E-state index contributed by atoms with van der Waals surface area (Å²) >= 11 is 0. The maximum atomic E-state index is 12.0. The Morgan fingerprint density at radius 3 is 2.62 bits per heavy atom. The lowest BCUT2D eigenvalue weighted by Gasteiger charge is -2.15. The molecule has 0 unspecified atom stereocenters. The highest BCUT2D eigenvalue weighted by molar-refractivity contribution is 5.99. The third kappa shape index (κ3) is 4.59. The molecule has 3 rings (SSSR count). The van der Waals surface area contributed by atoms with Gasteiger partial charge in [0.05, 0.1) is 13.0 Å². The zero-order valence-corrected chi connectivity index (χ0v) is 13.5. The van der Waals surface area contributed by atoms with Gasteiger partial charge >= 0.3 is 0 Å². The average Bonchev–Trinajstić information content (AvgIpc) is 2.64. The van der Waals surface area contributed by atoms with E-state index < -0.39 is 0 Å². The first-order valence-corrected chi connectivity index (χ1v) is 8.18. The highest BCUT2D eigenvalue weighted by Crippen LogP contribution is 2.12. The van der Waals surface area contributed by atoms with Crippen molar-refractivity contribution < 1.29 is 9.53 Å². The van der Waals surface area contributed by atoms with E-state index in [-0.39, 0.29) is 5.91 Å². The van der Waals surface area contributed by atoms with Crippen LogP contribution in [0.4, 0.5) is 5.69 Å². The molecule has 0 saturated carbocycles. The molecule has 0 aromatic heterocycles. The van der Waals surface area contributed by atoms with Gasteiger partial charge in [-0.05, 0) is 42.8 Å². The third-order valence-electron chi connectivity index (χ3n) is 3.68. The Morgan fingerprint density at radius 1 is 1.12 bits per heavy atom. The van der Waals surface area contributed by atoms with E-state index in [4.69, 9.17) is 4.74 Å². The van der Waals surface area contributed by atoms with Crippen LogP contribution in [0.2, 0.25) is 0 Å². The van der Waals surface area contributed by atoms with Crippen molar-refractivity contribution in [2.75, 3.05) is 25.0 Å². The normalized spacial score (nSPS) is 13.6. The molecule has 0 atom stereocenters. The predicted octanol–water partition coefficient (Wildman–Crippen LogP) is 2.83. The largest absolute Gasteiger partial charge is 0.493 e. The number of anilines is 1. The van der Waals surface area contributed by atoms with E-state index in [1.807, 2.05) is 54.6 Å². The monoisotopic (exact) mass is 323 g/mol. The van der Waals surface area contributed by atoms with Gasteiger partial charge in [0, 0.05) is 24.3 Å². The van der Waals surface area contributed by atoms with Gasteiger partial charge in [-0.25, -0.2) is 0 Å². The summed E-state index contributed by atoms with van der Waals surface area (Å²) in [5.41, 5.74) is 1.82. The topological polar surface area (TPSA) is 62.7 Å². The van der Waals surface area contributed by atoms with Crippen molar-refractivity contribution in [2.45, 2.75) is 12.8 Å². The minimum absolute atomic E-state index is 0.0631. The summed E-state index contributed by atoms with van der Waals surface area (Å²) in [7, 11) is 0. The van der Waals surface area contributed by atoms with Crippen molar-refractivity contribution in [3.05, 3.63) is 60.2 Å². The lowest BCUT2D eigenvalue weighted by Crippen LogP contribution is -2.30. The van der Waals surface area contributed by atoms with Crippen LogP contribution in [-0.4, -0.2) is 31.4 Å². The standard InChI is InChI=1S/C19H21N3O2/c23-18(11-14-24-17-5-2-1-3-6-17)22-16-9-7-15(8-10-16)19-20-12-4-13-21-19/h1-3,5-10H,4,11-14H2,(H,20,21)(H,22,23). The molecule has 0 fully saturated rings. The Kier molecular flexibility index (Phi) is 5.45. The number of nitrogens with one attached hydrogen (secondary N) is 2. The Bertz CT molecular complexity index is 696. The second-order valence-corrected chi connectivity index (χ2v) is 5.55. The molecular formula is C19H21N3O2. The Morgan fingerprint density at radius 2 is 1.92 bits per heavy atom. The number of hydrogen-bond acceptors (Lipinski definition) is 4. The van der Waals surface area contributed by atoms with Gasteiger partial charge in [-0.3, -0.25) is 9.79 Å². The molecule has 5 heteroatoms. The van der Waals surface area contributed by atoms with Gasteiger partial charge in [0.15, 0.2) is 0 Å². The van der Waals surface area contributed by atoms with E-state index in [0.717, 1.165) is 42.3 Å². The predicted molar refractivity (Wildman–Crippen MR) is 95.6 cm³/mol. The first kappa shape index (κ1) is 16.1. The molecule has 1 heterocycles. The summed E-state index contributed by atoms with van der Waals surface area (Å²) in [6, 6.07) is 17.2. The summed E-state index contributed by atoms with van der Waals surface area (Å²) < 4.78 is 5.53. The fourth-order valence-corrected chi connectivity index (χ4v) is 2.44. The maximum Gasteiger partial charge on any atom is 0.227 e. The molecule has 24 heavy (non-hydrogen) atoms. The first-order chi connectivity index (χ1) is 11.8. The number of hydrogen-bond donors (Lipinski definition) is 2. The second kappa shape index (κ2) is 8.15. The summed E-state index contributed by atoms with van der Waals surface area (Å²) in [5.74, 6) is 1.64. The van der Waals surface area contributed by atoms with Crippen LogP contribution in [0.15, 0.2) is 59.6 Å². The summed E-state index contributed by atoms with van der Waals surface area (Å²) in [4.78, 5) is 16.4. The number of benzene rings is 2. The van der Waals surface area contributed by atoms with Crippen LogP contribution < -0.4 is 15.4 Å². The second-order valence-electron chi connectivity index (χ2n) is 5.55. The molecule has 0 radical (unpaired) electrons. The van der Waals surface area contributed by atoms with Crippen LogP contribution in [0, 0.1) is 0 Å². The van der Waals surface area contributed by atoms with Crippen molar-refractivity contribution >= 4 is 17.4 Å². The van der Waals surface area contributed by atoms with Gasteiger partial charge in [0.25, 0.3) is 0 Å². The number of carbonyl (C=O) groups is 1. The zero-order chi connectivity index (χ0) is 16.6. The van der Waals surface area contributed by atoms with Gasteiger partial charge in [0.1, 0.15) is 11.6 Å². The zero-order valence-electron chi connectivity index (χ0n) is 13.5. The van der Waals surface area contributed by atoms with E-state index in [1.54, 1.807) is 0 Å². The van der Waals surface area contributed by atoms with E-state index >= 15 is 0 Å². The van der Waals surface area contributed by atoms with Crippen molar-refractivity contribution in [3.63, 3.8) is 0 Å². The van der Waals surface area contributed by atoms with Crippen molar-refractivity contribution in [3.8, 4) is 5.75 Å². The van der Waals surface area contributed by atoms with Gasteiger partial charge in [-0.2, -0.15) is 0 Å². The molecule has 2 N–H and O–H groups in total. The number of para-hydroxylation sites is 1. The Labute approximate surface area is 141 Å². The van der Waals surface area contributed by atoms with E-state index in [2.05, 4.69) is 15.6 Å². The fourth-order valence-electron chi connectivity index (χ4n) is 2.44. The molecule has 0 spiro atoms. The van der Waals surface area contributed by atoms with E-state index in [0.29, 0.717) is 13.0 Å². The van der Waals surface area contributed by atoms with Crippen molar-refractivity contribution in [1.82, 2.24) is 5.32 Å². The fraction of sp³-hybridized carbons (Fsp3) is 0.263. The summed E-state index contributed by atoms with van der Waals surface area (Å²) in [6.07, 6.45) is 1.38. The molecule has 2 aromatic rings. The van der Waals surface area contributed by atoms with Crippen molar-refractivity contribution in [2.24, 2.45) is 4.99 Å². The SMILES string of the molecule is O=C(CCOc1ccccc1)Nc1ccc(C2=NCCCN2)cc1. The number of amides is 1. The van der Waals surface area contributed by atoms with Crippen LogP contribution >= 0.6 is 0 Å². The molecule has 0 aliphatic carbocycles. The Hall–Kier alpha value is -2.82. The molecule has 0 bridgehead atoms. The summed E-state index contributed by atoms with van der Waals surface area (Å²) in [5, 5.41) is 6.16. The van der Waals surface area contributed by atoms with E-state index in [1.165, 1.54) is 0 Å². The van der Waals surface area contributed by atoms with Crippen molar-refractivity contribution in [1.29, 1.82) is 0 Å². The number of carbonyl (C=O) groups excluding carboxylic acids is 1. The number of ether oxygens (including phenoxy) is 1. The van der Waals surface area contributed by atoms with Crippen LogP contribution in [0.25, 0.3) is 0 Å². The first-order valence-electron chi connectivity index (χ1n) is 8.18. The van der Waals surface area contributed by atoms with Gasteiger partial charge < -0.3 is 15.4 Å². The highest BCUT2D eigenvalue weighted by atomic mass is 16.5. The van der Waals surface area contributed by atoms with Gasteiger partial charge in [-0.1, -0.05) is 18.2 Å². The lowest BCUT2D eigenvalue weighted by molar-refractivity contribution is -0.116. The number of amidine groups is 1. The quantitative estimate of drug-likeness (QED) is 0.859. The smallest absolute Gasteiger partial charge is 0.227 e. The average molecular weight is 323 g/mol. The van der Waals surface area contributed by atoms with E-state index in [9.17, 15) is 4.79 Å². The highest BCUT2D eigenvalue weighted by Gasteiger charge is 2.08. The molecule has 2 aromatic carbocycles. The van der Waals surface area contributed by atoms with Gasteiger partial charge in [-0.15, -0.1) is 0 Å². The lowest BCUT2D eigenvalue weighted by atomic mass is 10.1. The molecule has 0 saturated heterocycles.